The van der Waals surface area contributed by atoms with Gasteiger partial charge in [0.2, 0.25) is 5.91 Å². The molecule has 1 rings (SSSR count). The maximum absolute atomic E-state index is 10.7. The average Bonchev–Trinajstić information content (AvgIpc) is 2.06. The highest BCUT2D eigenvalue weighted by atomic mass is 35.5. The highest BCUT2D eigenvalue weighted by Gasteiger charge is 1.98. The average molecular weight is 224 g/mol. The minimum atomic E-state index is -0.210. The third kappa shape index (κ3) is 5.41. The summed E-state index contributed by atoms with van der Waals surface area (Å²) in [5.74, 6) is 4.69. The standard InChI is InChI=1S/C7H9N3O.2ClH/c8-10-7(11)4-6-2-1-3-9-5-6;;/h1-3,5H,4,8H2,(H,10,11);2*1H. The van der Waals surface area contributed by atoms with Gasteiger partial charge in [0.15, 0.2) is 0 Å². The van der Waals surface area contributed by atoms with Crippen molar-refractivity contribution in [1.29, 1.82) is 0 Å². The van der Waals surface area contributed by atoms with E-state index in [-0.39, 0.29) is 37.1 Å². The summed E-state index contributed by atoms with van der Waals surface area (Å²) in [6.07, 6.45) is 3.57. The van der Waals surface area contributed by atoms with Crippen molar-refractivity contribution in [1.82, 2.24) is 10.4 Å². The van der Waals surface area contributed by atoms with E-state index in [1.165, 1.54) is 0 Å². The predicted molar refractivity (Wildman–Crippen MR) is 54.8 cm³/mol. The molecule has 1 aromatic heterocycles. The second-order valence-corrected chi connectivity index (χ2v) is 2.11. The Morgan fingerprint density at radius 2 is 2.23 bits per heavy atom. The van der Waals surface area contributed by atoms with Crippen LogP contribution in [-0.2, 0) is 11.2 Å². The lowest BCUT2D eigenvalue weighted by atomic mass is 10.2. The van der Waals surface area contributed by atoms with E-state index in [9.17, 15) is 4.79 Å². The fourth-order valence-electron chi connectivity index (χ4n) is 0.739. The van der Waals surface area contributed by atoms with Crippen molar-refractivity contribution in [3.63, 3.8) is 0 Å². The van der Waals surface area contributed by atoms with E-state index in [0.717, 1.165) is 5.56 Å². The highest BCUT2D eigenvalue weighted by molar-refractivity contribution is 5.85. The van der Waals surface area contributed by atoms with Crippen LogP contribution < -0.4 is 11.3 Å². The Kier molecular flexibility index (Phi) is 8.79. The first-order valence-electron chi connectivity index (χ1n) is 3.21. The number of nitrogens with zero attached hydrogens (tertiary/aromatic N) is 1. The molecule has 0 aliphatic heterocycles. The molecule has 4 nitrogen and oxygen atoms in total. The van der Waals surface area contributed by atoms with Gasteiger partial charge in [0.05, 0.1) is 6.42 Å². The van der Waals surface area contributed by atoms with Crippen molar-refractivity contribution in [3.05, 3.63) is 30.1 Å². The van der Waals surface area contributed by atoms with E-state index in [2.05, 4.69) is 4.98 Å². The van der Waals surface area contributed by atoms with Crippen molar-refractivity contribution in [3.8, 4) is 0 Å². The molecular formula is C7H11Cl2N3O. The molecular weight excluding hydrogens is 213 g/mol. The predicted octanol–water partition coefficient (Wildman–Crippen LogP) is 0.458. The van der Waals surface area contributed by atoms with Crippen LogP contribution >= 0.6 is 24.8 Å². The maximum atomic E-state index is 10.7. The fourth-order valence-corrected chi connectivity index (χ4v) is 0.739. The Balaban J connectivity index is 0. The summed E-state index contributed by atoms with van der Waals surface area (Å²) in [5.41, 5.74) is 2.90. The van der Waals surface area contributed by atoms with Gasteiger partial charge >= 0.3 is 0 Å². The van der Waals surface area contributed by atoms with Crippen molar-refractivity contribution >= 4 is 30.7 Å². The maximum Gasteiger partial charge on any atom is 0.238 e. The van der Waals surface area contributed by atoms with Gasteiger partial charge in [-0.05, 0) is 11.6 Å². The lowest BCUT2D eigenvalue weighted by Gasteiger charge is -1.97. The Labute approximate surface area is 88.7 Å². The Bertz CT molecular complexity index is 243. The molecule has 0 fully saturated rings. The van der Waals surface area contributed by atoms with Gasteiger partial charge in [-0.15, -0.1) is 24.8 Å². The van der Waals surface area contributed by atoms with Gasteiger partial charge in [-0.1, -0.05) is 6.07 Å². The zero-order valence-electron chi connectivity index (χ0n) is 6.77. The lowest BCUT2D eigenvalue weighted by molar-refractivity contribution is -0.120. The SMILES string of the molecule is Cl.Cl.NNC(=O)Cc1cccnc1. The molecule has 0 bridgehead atoms. The van der Waals surface area contributed by atoms with Gasteiger partial charge in [-0.2, -0.15) is 0 Å². The molecule has 3 N–H and O–H groups in total. The summed E-state index contributed by atoms with van der Waals surface area (Å²) in [6, 6.07) is 3.60. The van der Waals surface area contributed by atoms with E-state index in [4.69, 9.17) is 5.84 Å². The van der Waals surface area contributed by atoms with Crippen LogP contribution in [0.1, 0.15) is 5.56 Å². The fraction of sp³-hybridized carbons (Fsp3) is 0.143. The molecule has 0 aliphatic rings. The van der Waals surface area contributed by atoms with Crippen LogP contribution in [0.15, 0.2) is 24.5 Å². The van der Waals surface area contributed by atoms with Crippen molar-refractivity contribution < 1.29 is 4.79 Å². The number of halogens is 2. The van der Waals surface area contributed by atoms with Crippen LogP contribution in [0.4, 0.5) is 0 Å². The molecule has 1 amide bonds. The van der Waals surface area contributed by atoms with Crippen molar-refractivity contribution in [2.75, 3.05) is 0 Å². The van der Waals surface area contributed by atoms with Gasteiger partial charge in [-0.25, -0.2) is 5.84 Å². The third-order valence-electron chi connectivity index (χ3n) is 1.25. The summed E-state index contributed by atoms with van der Waals surface area (Å²) in [5, 5.41) is 0. The molecule has 6 heteroatoms. The first kappa shape index (κ1) is 14.7. The van der Waals surface area contributed by atoms with E-state index in [0.29, 0.717) is 0 Å². The summed E-state index contributed by atoms with van der Waals surface area (Å²) >= 11 is 0. The molecule has 1 heterocycles. The van der Waals surface area contributed by atoms with E-state index >= 15 is 0 Å². The molecule has 0 spiro atoms. The third-order valence-corrected chi connectivity index (χ3v) is 1.25. The molecule has 1 aromatic rings. The smallest absolute Gasteiger partial charge is 0.238 e. The summed E-state index contributed by atoms with van der Waals surface area (Å²) in [7, 11) is 0. The molecule has 0 aromatic carbocycles. The number of carbonyl (C=O) groups excluding carboxylic acids is 1. The minimum Gasteiger partial charge on any atom is -0.294 e. The molecule has 0 unspecified atom stereocenters. The van der Waals surface area contributed by atoms with E-state index in [1.807, 2.05) is 11.5 Å². The number of nitrogens with one attached hydrogen (secondary N) is 1. The largest absolute Gasteiger partial charge is 0.294 e. The summed E-state index contributed by atoms with van der Waals surface area (Å²) in [4.78, 5) is 14.6. The first-order valence-corrected chi connectivity index (χ1v) is 3.21. The number of nitrogens with two attached hydrogens (primary N) is 1. The Morgan fingerprint density at radius 3 is 2.69 bits per heavy atom. The van der Waals surface area contributed by atoms with Crippen LogP contribution in [0.25, 0.3) is 0 Å². The lowest BCUT2D eigenvalue weighted by Crippen LogP contribution is -2.31. The van der Waals surface area contributed by atoms with Crippen molar-refractivity contribution in [2.45, 2.75) is 6.42 Å². The second kappa shape index (κ2) is 7.79. The molecule has 13 heavy (non-hydrogen) atoms. The molecule has 0 saturated carbocycles. The minimum absolute atomic E-state index is 0. The Morgan fingerprint density at radius 1 is 1.54 bits per heavy atom. The van der Waals surface area contributed by atoms with Gasteiger partial charge in [0, 0.05) is 12.4 Å². The summed E-state index contributed by atoms with van der Waals surface area (Å²) in [6.45, 7) is 0. The van der Waals surface area contributed by atoms with Crippen LogP contribution in [0.2, 0.25) is 0 Å². The van der Waals surface area contributed by atoms with Crippen molar-refractivity contribution in [2.24, 2.45) is 5.84 Å². The Hall–Kier alpha value is -0.840. The number of pyridine rings is 1. The first-order chi connectivity index (χ1) is 5.33. The zero-order chi connectivity index (χ0) is 8.10. The second-order valence-electron chi connectivity index (χ2n) is 2.11. The van der Waals surface area contributed by atoms with Crippen LogP contribution in [0, 0.1) is 0 Å². The van der Waals surface area contributed by atoms with E-state index < -0.39 is 0 Å². The van der Waals surface area contributed by atoms with Crippen LogP contribution in [0.5, 0.6) is 0 Å². The van der Waals surface area contributed by atoms with Gasteiger partial charge in [0.1, 0.15) is 0 Å². The number of rotatable bonds is 2. The van der Waals surface area contributed by atoms with E-state index in [1.54, 1.807) is 18.5 Å². The normalized spacial score (nSPS) is 7.77. The van der Waals surface area contributed by atoms with Gasteiger partial charge in [0.25, 0.3) is 0 Å². The number of hydrogen-bond acceptors (Lipinski definition) is 3. The number of aromatic nitrogens is 1. The summed E-state index contributed by atoms with van der Waals surface area (Å²) < 4.78 is 0. The molecule has 0 radical (unpaired) electrons. The number of hydrazine groups is 1. The zero-order valence-corrected chi connectivity index (χ0v) is 8.40. The molecule has 0 saturated heterocycles. The number of carbonyl (C=O) groups is 1. The van der Waals surface area contributed by atoms with Crippen LogP contribution in [-0.4, -0.2) is 10.9 Å². The number of amides is 1. The topological polar surface area (TPSA) is 68.0 Å². The molecule has 0 aliphatic carbocycles. The molecule has 74 valence electrons. The highest BCUT2D eigenvalue weighted by Crippen LogP contribution is 1.95. The quantitative estimate of drug-likeness (QED) is 0.435. The number of hydrogen-bond donors (Lipinski definition) is 2. The van der Waals surface area contributed by atoms with Crippen LogP contribution in [0.3, 0.4) is 0 Å². The molecule has 0 atom stereocenters. The monoisotopic (exact) mass is 223 g/mol. The van der Waals surface area contributed by atoms with Gasteiger partial charge < -0.3 is 0 Å². The van der Waals surface area contributed by atoms with Gasteiger partial charge in [-0.3, -0.25) is 15.2 Å².